The van der Waals surface area contributed by atoms with Crippen molar-refractivity contribution < 1.29 is 18.7 Å². The quantitative estimate of drug-likeness (QED) is 0.721. The maximum absolute atomic E-state index is 11.9. The van der Waals surface area contributed by atoms with Crippen molar-refractivity contribution in [3.63, 3.8) is 0 Å². The van der Waals surface area contributed by atoms with E-state index in [1.165, 1.54) is 0 Å². The van der Waals surface area contributed by atoms with Gasteiger partial charge in [-0.1, -0.05) is 32.9 Å². The monoisotopic (exact) mass is 351 g/mol. The van der Waals surface area contributed by atoms with Crippen molar-refractivity contribution in [3.05, 3.63) is 29.8 Å². The van der Waals surface area contributed by atoms with Gasteiger partial charge in [0.2, 0.25) is 0 Å². The van der Waals surface area contributed by atoms with Gasteiger partial charge in [-0.2, -0.15) is 0 Å². The highest BCUT2D eigenvalue weighted by Gasteiger charge is 2.37. The van der Waals surface area contributed by atoms with Crippen LogP contribution in [0.15, 0.2) is 24.3 Å². The first-order chi connectivity index (χ1) is 11.1. The molecule has 0 aromatic heterocycles. The molecule has 0 unspecified atom stereocenters. The van der Waals surface area contributed by atoms with Gasteiger partial charge < -0.3 is 13.9 Å². The van der Waals surface area contributed by atoms with Gasteiger partial charge in [0.15, 0.2) is 8.32 Å². The second-order valence-electron chi connectivity index (χ2n) is 7.79. The summed E-state index contributed by atoms with van der Waals surface area (Å²) in [4.78, 5) is 13.6. The van der Waals surface area contributed by atoms with Crippen molar-refractivity contribution in [2.75, 3.05) is 25.2 Å². The van der Waals surface area contributed by atoms with Gasteiger partial charge in [0, 0.05) is 12.8 Å². The van der Waals surface area contributed by atoms with E-state index < -0.39 is 8.32 Å². The summed E-state index contributed by atoms with van der Waals surface area (Å²) in [5.41, 5.74) is 1.96. The first kappa shape index (κ1) is 19.0. The minimum Gasteiger partial charge on any atom is -0.441 e. The van der Waals surface area contributed by atoms with Crippen LogP contribution in [0.3, 0.4) is 0 Å². The predicted molar refractivity (Wildman–Crippen MR) is 97.9 cm³/mol. The Hall–Kier alpha value is -1.37. The van der Waals surface area contributed by atoms with Crippen LogP contribution in [-0.4, -0.2) is 40.8 Å². The summed E-state index contributed by atoms with van der Waals surface area (Å²) < 4.78 is 16.6. The highest BCUT2D eigenvalue weighted by atomic mass is 28.4. The summed E-state index contributed by atoms with van der Waals surface area (Å²) in [6, 6.07) is 7.92. The van der Waals surface area contributed by atoms with Crippen LogP contribution < -0.4 is 4.90 Å². The predicted octanol–water partition coefficient (Wildman–Crippen LogP) is 4.18. The number of anilines is 1. The molecular weight excluding hydrogens is 322 g/mol. The smallest absolute Gasteiger partial charge is 0.414 e. The fourth-order valence-corrected chi connectivity index (χ4v) is 3.22. The van der Waals surface area contributed by atoms with Crippen molar-refractivity contribution in [1.29, 1.82) is 0 Å². The minimum absolute atomic E-state index is 0.197. The fraction of sp³-hybridized carbons (Fsp3) is 0.611. The number of nitrogens with zero attached hydrogens (tertiary/aromatic N) is 1. The van der Waals surface area contributed by atoms with Crippen LogP contribution in [0.1, 0.15) is 26.3 Å². The number of carbonyl (C=O) groups is 1. The molecule has 1 saturated heterocycles. The lowest BCUT2D eigenvalue weighted by Crippen LogP contribution is -2.40. The molecular formula is C18H29NO4Si. The van der Waals surface area contributed by atoms with Gasteiger partial charge in [0.05, 0.1) is 19.8 Å². The number of rotatable bonds is 6. The third kappa shape index (κ3) is 4.37. The van der Waals surface area contributed by atoms with Crippen molar-refractivity contribution >= 4 is 20.1 Å². The SMILES string of the molecule is COC[C@H]1CN(c2ccc(CO[Si](C)(C)C(C)(C)C)cc2)C(=O)O1. The summed E-state index contributed by atoms with van der Waals surface area (Å²) in [5.74, 6) is 0. The van der Waals surface area contributed by atoms with Crippen LogP contribution >= 0.6 is 0 Å². The summed E-state index contributed by atoms with van der Waals surface area (Å²) >= 11 is 0. The summed E-state index contributed by atoms with van der Waals surface area (Å²) in [7, 11) is -0.150. The lowest BCUT2D eigenvalue weighted by atomic mass is 10.2. The van der Waals surface area contributed by atoms with E-state index in [9.17, 15) is 4.79 Å². The molecule has 0 bridgehead atoms. The van der Waals surface area contributed by atoms with Crippen molar-refractivity contribution in [2.24, 2.45) is 0 Å². The van der Waals surface area contributed by atoms with Crippen LogP contribution in [0.2, 0.25) is 18.1 Å². The molecule has 1 aromatic rings. The molecule has 0 aliphatic carbocycles. The molecule has 24 heavy (non-hydrogen) atoms. The van der Waals surface area contributed by atoms with E-state index in [2.05, 4.69) is 33.9 Å². The zero-order valence-electron chi connectivity index (χ0n) is 15.6. The van der Waals surface area contributed by atoms with Gasteiger partial charge >= 0.3 is 6.09 Å². The average molecular weight is 352 g/mol. The molecule has 1 amide bonds. The molecule has 0 saturated carbocycles. The zero-order valence-corrected chi connectivity index (χ0v) is 16.6. The van der Waals surface area contributed by atoms with E-state index in [0.717, 1.165) is 11.3 Å². The largest absolute Gasteiger partial charge is 0.441 e. The number of benzene rings is 1. The number of methoxy groups -OCH3 is 1. The lowest BCUT2D eigenvalue weighted by Gasteiger charge is -2.36. The Morgan fingerprint density at radius 1 is 1.25 bits per heavy atom. The van der Waals surface area contributed by atoms with E-state index in [1.807, 2.05) is 24.3 Å². The van der Waals surface area contributed by atoms with E-state index in [0.29, 0.717) is 19.8 Å². The van der Waals surface area contributed by atoms with E-state index in [1.54, 1.807) is 12.0 Å². The zero-order chi connectivity index (χ0) is 18.0. The minimum atomic E-state index is -1.75. The molecule has 1 aliphatic rings. The van der Waals surface area contributed by atoms with Crippen LogP contribution in [-0.2, 0) is 20.5 Å². The van der Waals surface area contributed by atoms with E-state index in [-0.39, 0.29) is 17.2 Å². The number of ether oxygens (including phenoxy) is 2. The summed E-state index contributed by atoms with van der Waals surface area (Å²) in [6.07, 6.45) is -0.522. The number of hydrogen-bond donors (Lipinski definition) is 0. The van der Waals surface area contributed by atoms with Crippen LogP contribution in [0, 0.1) is 0 Å². The number of hydrogen-bond acceptors (Lipinski definition) is 4. The van der Waals surface area contributed by atoms with E-state index >= 15 is 0 Å². The average Bonchev–Trinajstić information content (AvgIpc) is 2.86. The van der Waals surface area contributed by atoms with Crippen molar-refractivity contribution in [1.82, 2.24) is 0 Å². The molecule has 5 nitrogen and oxygen atoms in total. The van der Waals surface area contributed by atoms with E-state index in [4.69, 9.17) is 13.9 Å². The normalized spacial score (nSPS) is 18.8. The molecule has 1 aliphatic heterocycles. The molecule has 1 heterocycles. The van der Waals surface area contributed by atoms with Gasteiger partial charge in [0.1, 0.15) is 6.10 Å². The highest BCUT2D eigenvalue weighted by Crippen LogP contribution is 2.37. The van der Waals surface area contributed by atoms with Gasteiger partial charge in [-0.05, 0) is 35.8 Å². The fourth-order valence-electron chi connectivity index (χ4n) is 2.26. The number of cyclic esters (lactones) is 1. The molecule has 1 aromatic carbocycles. The molecule has 0 spiro atoms. The second-order valence-corrected chi connectivity index (χ2v) is 12.6. The third-order valence-electron chi connectivity index (χ3n) is 4.88. The Balaban J connectivity index is 1.98. The lowest BCUT2D eigenvalue weighted by molar-refractivity contribution is 0.0718. The molecule has 6 heteroatoms. The van der Waals surface area contributed by atoms with Crippen LogP contribution in [0.25, 0.3) is 0 Å². The summed E-state index contributed by atoms with van der Waals surface area (Å²) in [5, 5.41) is 0.197. The second kappa shape index (κ2) is 7.25. The van der Waals surface area contributed by atoms with Crippen molar-refractivity contribution in [3.8, 4) is 0 Å². The Kier molecular flexibility index (Phi) is 5.73. The Morgan fingerprint density at radius 2 is 1.88 bits per heavy atom. The molecule has 134 valence electrons. The topological polar surface area (TPSA) is 48.0 Å². The Labute approximate surface area is 146 Å². The van der Waals surface area contributed by atoms with Crippen molar-refractivity contribution in [2.45, 2.75) is 51.6 Å². The molecule has 1 fully saturated rings. The maximum Gasteiger partial charge on any atom is 0.414 e. The Bertz CT molecular complexity index is 565. The molecule has 1 atom stereocenters. The highest BCUT2D eigenvalue weighted by molar-refractivity contribution is 6.74. The molecule has 2 rings (SSSR count). The van der Waals surface area contributed by atoms with Gasteiger partial charge in [-0.3, -0.25) is 4.90 Å². The maximum atomic E-state index is 11.9. The number of carbonyl (C=O) groups excluding carboxylic acids is 1. The standard InChI is InChI=1S/C18H29NO4Si/c1-18(2,3)24(5,6)22-12-14-7-9-15(10-8-14)19-11-16(13-21-4)23-17(19)20/h7-10,16H,11-13H2,1-6H3/t16-/m1/s1. The first-order valence-electron chi connectivity index (χ1n) is 8.34. The number of amides is 1. The van der Waals surface area contributed by atoms with Gasteiger partial charge in [-0.15, -0.1) is 0 Å². The van der Waals surface area contributed by atoms with Crippen LogP contribution in [0.5, 0.6) is 0 Å². The van der Waals surface area contributed by atoms with Gasteiger partial charge in [0.25, 0.3) is 0 Å². The van der Waals surface area contributed by atoms with Crippen LogP contribution in [0.4, 0.5) is 10.5 Å². The third-order valence-corrected chi connectivity index (χ3v) is 9.36. The summed E-state index contributed by atoms with van der Waals surface area (Å²) in [6.45, 7) is 12.7. The van der Waals surface area contributed by atoms with Gasteiger partial charge in [-0.25, -0.2) is 4.79 Å². The Morgan fingerprint density at radius 3 is 2.42 bits per heavy atom. The molecule has 0 N–H and O–H groups in total. The first-order valence-corrected chi connectivity index (χ1v) is 11.2. The molecule has 0 radical (unpaired) electrons.